The highest BCUT2D eigenvalue weighted by atomic mass is 15.3. The molecule has 1 aliphatic rings. The van der Waals surface area contributed by atoms with Crippen molar-refractivity contribution in [3.63, 3.8) is 0 Å². The highest BCUT2D eigenvalue weighted by Crippen LogP contribution is 2.19. The van der Waals surface area contributed by atoms with Crippen LogP contribution < -0.4 is 9.80 Å². The maximum absolute atomic E-state index is 4.73. The van der Waals surface area contributed by atoms with Gasteiger partial charge in [-0.15, -0.1) is 0 Å². The predicted octanol–water partition coefficient (Wildman–Crippen LogP) is 2.35. The lowest BCUT2D eigenvalue weighted by atomic mass is 10.3. The van der Waals surface area contributed by atoms with Gasteiger partial charge in [0.1, 0.15) is 11.6 Å². The number of nitrogens with zero attached hydrogens (tertiary/aromatic N) is 5. The molecule has 0 atom stereocenters. The van der Waals surface area contributed by atoms with E-state index >= 15 is 0 Å². The Morgan fingerprint density at radius 1 is 0.682 bits per heavy atom. The van der Waals surface area contributed by atoms with Crippen molar-refractivity contribution < 1.29 is 0 Å². The highest BCUT2D eigenvalue weighted by Gasteiger charge is 2.19. The number of para-hydroxylation sites is 2. The Morgan fingerprint density at radius 2 is 1.36 bits per heavy atom. The molecule has 3 heterocycles. The second kappa shape index (κ2) is 5.60. The first-order valence-electron chi connectivity index (χ1n) is 7.53. The molecule has 110 valence electrons. The summed E-state index contributed by atoms with van der Waals surface area (Å²) in [5, 5.41) is 0. The Bertz CT molecular complexity index is 766. The fourth-order valence-electron chi connectivity index (χ4n) is 2.81. The van der Waals surface area contributed by atoms with Crippen LogP contribution >= 0.6 is 0 Å². The summed E-state index contributed by atoms with van der Waals surface area (Å²) >= 11 is 0. The SMILES string of the molecule is c1ccc(N2CCN(c3cnc4ccccc4n3)CC2)nc1. The summed E-state index contributed by atoms with van der Waals surface area (Å²) in [4.78, 5) is 18.3. The summed E-state index contributed by atoms with van der Waals surface area (Å²) in [6.45, 7) is 3.77. The van der Waals surface area contributed by atoms with E-state index in [4.69, 9.17) is 4.98 Å². The van der Waals surface area contributed by atoms with E-state index in [2.05, 4.69) is 25.8 Å². The van der Waals surface area contributed by atoms with Gasteiger partial charge in [0.05, 0.1) is 17.2 Å². The van der Waals surface area contributed by atoms with Crippen LogP contribution in [-0.4, -0.2) is 41.1 Å². The summed E-state index contributed by atoms with van der Waals surface area (Å²) in [5.41, 5.74) is 1.89. The third-order valence-electron chi connectivity index (χ3n) is 4.01. The minimum atomic E-state index is 0.934. The lowest BCUT2D eigenvalue weighted by Gasteiger charge is -2.35. The van der Waals surface area contributed by atoms with Gasteiger partial charge in [-0.25, -0.2) is 9.97 Å². The molecule has 4 rings (SSSR count). The van der Waals surface area contributed by atoms with Gasteiger partial charge in [0.15, 0.2) is 0 Å². The maximum atomic E-state index is 4.73. The quantitative estimate of drug-likeness (QED) is 0.725. The Hall–Kier alpha value is -2.69. The summed E-state index contributed by atoms with van der Waals surface area (Å²) < 4.78 is 0. The molecule has 0 saturated carbocycles. The molecule has 0 N–H and O–H groups in total. The number of fused-ring (bicyclic) bond motifs is 1. The highest BCUT2D eigenvalue weighted by molar-refractivity contribution is 5.75. The van der Waals surface area contributed by atoms with Crippen molar-refractivity contribution in [2.75, 3.05) is 36.0 Å². The number of benzene rings is 1. The van der Waals surface area contributed by atoms with Gasteiger partial charge in [-0.05, 0) is 24.3 Å². The maximum Gasteiger partial charge on any atom is 0.147 e. The number of pyridine rings is 1. The molecule has 1 saturated heterocycles. The van der Waals surface area contributed by atoms with Crippen molar-refractivity contribution >= 4 is 22.7 Å². The zero-order chi connectivity index (χ0) is 14.8. The first kappa shape index (κ1) is 13.0. The van der Waals surface area contributed by atoms with E-state index in [1.54, 1.807) is 0 Å². The number of piperazine rings is 1. The van der Waals surface area contributed by atoms with Crippen molar-refractivity contribution in [2.24, 2.45) is 0 Å². The monoisotopic (exact) mass is 291 g/mol. The first-order valence-corrected chi connectivity index (χ1v) is 7.53. The molecule has 1 aromatic carbocycles. The molecule has 0 radical (unpaired) electrons. The van der Waals surface area contributed by atoms with Crippen LogP contribution in [0.3, 0.4) is 0 Å². The number of aromatic nitrogens is 3. The van der Waals surface area contributed by atoms with Gasteiger partial charge in [-0.3, -0.25) is 4.98 Å². The fourth-order valence-corrected chi connectivity index (χ4v) is 2.81. The van der Waals surface area contributed by atoms with Gasteiger partial charge in [0, 0.05) is 32.4 Å². The van der Waals surface area contributed by atoms with E-state index in [0.717, 1.165) is 48.8 Å². The van der Waals surface area contributed by atoms with Gasteiger partial charge < -0.3 is 9.80 Å². The van der Waals surface area contributed by atoms with Crippen LogP contribution in [0, 0.1) is 0 Å². The summed E-state index contributed by atoms with van der Waals surface area (Å²) in [6.07, 6.45) is 3.72. The molecule has 0 amide bonds. The van der Waals surface area contributed by atoms with E-state index in [9.17, 15) is 0 Å². The Balaban J connectivity index is 1.50. The van der Waals surface area contributed by atoms with Crippen molar-refractivity contribution in [3.8, 4) is 0 Å². The minimum absolute atomic E-state index is 0.934. The topological polar surface area (TPSA) is 45.2 Å². The Labute approximate surface area is 129 Å². The number of hydrogen-bond acceptors (Lipinski definition) is 5. The van der Waals surface area contributed by atoms with Gasteiger partial charge in [0.25, 0.3) is 0 Å². The van der Waals surface area contributed by atoms with E-state index in [1.165, 1.54) is 0 Å². The molecule has 3 aromatic rings. The van der Waals surface area contributed by atoms with E-state index in [1.807, 2.05) is 48.8 Å². The van der Waals surface area contributed by atoms with Crippen LogP contribution in [0.5, 0.6) is 0 Å². The predicted molar refractivity (Wildman–Crippen MR) is 88.2 cm³/mol. The Morgan fingerprint density at radius 3 is 2.09 bits per heavy atom. The second-order valence-electron chi connectivity index (χ2n) is 5.38. The minimum Gasteiger partial charge on any atom is -0.353 e. The van der Waals surface area contributed by atoms with Crippen LogP contribution in [-0.2, 0) is 0 Å². The molecule has 2 aromatic heterocycles. The van der Waals surface area contributed by atoms with Crippen LogP contribution in [0.25, 0.3) is 11.0 Å². The molecular weight excluding hydrogens is 274 g/mol. The van der Waals surface area contributed by atoms with Crippen LogP contribution in [0.2, 0.25) is 0 Å². The van der Waals surface area contributed by atoms with Crippen LogP contribution in [0.1, 0.15) is 0 Å². The molecular formula is C17H17N5. The summed E-state index contributed by atoms with van der Waals surface area (Å²) in [5.74, 6) is 2.01. The average molecular weight is 291 g/mol. The number of hydrogen-bond donors (Lipinski definition) is 0. The fraction of sp³-hybridized carbons (Fsp3) is 0.235. The van der Waals surface area contributed by atoms with Crippen molar-refractivity contribution in [1.29, 1.82) is 0 Å². The molecule has 0 bridgehead atoms. The van der Waals surface area contributed by atoms with E-state index < -0.39 is 0 Å². The van der Waals surface area contributed by atoms with Crippen LogP contribution in [0.15, 0.2) is 54.9 Å². The summed E-state index contributed by atoms with van der Waals surface area (Å²) in [6, 6.07) is 14.0. The van der Waals surface area contributed by atoms with Gasteiger partial charge >= 0.3 is 0 Å². The van der Waals surface area contributed by atoms with Crippen LogP contribution in [0.4, 0.5) is 11.6 Å². The molecule has 5 nitrogen and oxygen atoms in total. The summed E-state index contributed by atoms with van der Waals surface area (Å²) in [7, 11) is 0. The normalized spacial score (nSPS) is 15.3. The molecule has 22 heavy (non-hydrogen) atoms. The largest absolute Gasteiger partial charge is 0.353 e. The molecule has 5 heteroatoms. The number of rotatable bonds is 2. The number of anilines is 2. The lowest BCUT2D eigenvalue weighted by molar-refractivity contribution is 0.641. The third kappa shape index (κ3) is 2.45. The van der Waals surface area contributed by atoms with E-state index in [0.29, 0.717) is 0 Å². The molecule has 1 fully saturated rings. The average Bonchev–Trinajstić information content (AvgIpc) is 2.62. The van der Waals surface area contributed by atoms with Gasteiger partial charge in [0.2, 0.25) is 0 Å². The van der Waals surface area contributed by atoms with E-state index in [-0.39, 0.29) is 0 Å². The second-order valence-corrected chi connectivity index (χ2v) is 5.38. The Kier molecular flexibility index (Phi) is 3.31. The van der Waals surface area contributed by atoms with Gasteiger partial charge in [-0.1, -0.05) is 18.2 Å². The first-order chi connectivity index (χ1) is 10.9. The van der Waals surface area contributed by atoms with Gasteiger partial charge in [-0.2, -0.15) is 0 Å². The van der Waals surface area contributed by atoms with Crippen molar-refractivity contribution in [1.82, 2.24) is 15.0 Å². The molecule has 0 spiro atoms. The molecule has 1 aliphatic heterocycles. The standard InChI is InChI=1S/C17H17N5/c1-2-6-15-14(5-1)19-13-17(20-15)22-11-9-21(10-12-22)16-7-3-4-8-18-16/h1-8,13H,9-12H2. The van der Waals surface area contributed by atoms with Crippen molar-refractivity contribution in [2.45, 2.75) is 0 Å². The molecule has 0 aliphatic carbocycles. The third-order valence-corrected chi connectivity index (χ3v) is 4.01. The lowest BCUT2D eigenvalue weighted by Crippen LogP contribution is -2.47. The zero-order valence-corrected chi connectivity index (χ0v) is 12.3. The smallest absolute Gasteiger partial charge is 0.147 e. The molecule has 0 unspecified atom stereocenters. The zero-order valence-electron chi connectivity index (χ0n) is 12.3. The van der Waals surface area contributed by atoms with Crippen molar-refractivity contribution in [3.05, 3.63) is 54.9 Å².